The molecule has 2 fully saturated rings. The fourth-order valence-corrected chi connectivity index (χ4v) is 4.10. The summed E-state index contributed by atoms with van der Waals surface area (Å²) in [6, 6.07) is 3.76. The van der Waals surface area contributed by atoms with E-state index in [0.29, 0.717) is 28.6 Å². The minimum absolute atomic E-state index is 0.106. The van der Waals surface area contributed by atoms with E-state index >= 15 is 0 Å². The lowest BCUT2D eigenvalue weighted by atomic mass is 9.92. The van der Waals surface area contributed by atoms with Crippen LogP contribution in [0.15, 0.2) is 17.1 Å². The van der Waals surface area contributed by atoms with Crippen LogP contribution >= 0.6 is 0 Å². The van der Waals surface area contributed by atoms with Crippen LogP contribution in [0.4, 0.5) is 5.69 Å². The highest BCUT2D eigenvalue weighted by Gasteiger charge is 2.44. The van der Waals surface area contributed by atoms with E-state index < -0.39 is 5.56 Å². The monoisotopic (exact) mass is 394 g/mol. The predicted octanol–water partition coefficient (Wildman–Crippen LogP) is 1.47. The summed E-state index contributed by atoms with van der Waals surface area (Å²) in [6.45, 7) is 2.88. The molecule has 2 aliphatic rings. The van der Waals surface area contributed by atoms with Gasteiger partial charge in [-0.15, -0.1) is 0 Å². The number of nitriles is 1. The smallest absolute Gasteiger partial charge is 0.269 e. The molecule has 1 spiro atoms. The summed E-state index contributed by atoms with van der Waals surface area (Å²) in [4.78, 5) is 36.1. The number of aromatic nitrogens is 2. The zero-order valence-electron chi connectivity index (χ0n) is 16.9. The highest BCUT2D eigenvalue weighted by atomic mass is 16.2. The molecule has 8 heteroatoms. The second-order valence-corrected chi connectivity index (χ2v) is 8.45. The first kappa shape index (κ1) is 19.4. The Kier molecular flexibility index (Phi) is 5.01. The summed E-state index contributed by atoms with van der Waals surface area (Å²) in [6.07, 6.45) is 6.23. The molecule has 4 rings (SSSR count). The number of hydrogen-bond acceptors (Lipinski definition) is 6. The predicted molar refractivity (Wildman–Crippen MR) is 111 cm³/mol. The van der Waals surface area contributed by atoms with Crippen molar-refractivity contribution in [3.8, 4) is 6.07 Å². The van der Waals surface area contributed by atoms with Crippen molar-refractivity contribution in [2.24, 2.45) is 5.41 Å². The van der Waals surface area contributed by atoms with Gasteiger partial charge in [0.2, 0.25) is 0 Å². The van der Waals surface area contributed by atoms with Crippen molar-refractivity contribution in [2.45, 2.75) is 25.7 Å². The number of rotatable bonds is 5. The van der Waals surface area contributed by atoms with Crippen LogP contribution in [0, 0.1) is 16.7 Å². The first-order valence-electron chi connectivity index (χ1n) is 10.1. The van der Waals surface area contributed by atoms with Crippen LogP contribution in [0.5, 0.6) is 0 Å². The van der Waals surface area contributed by atoms with Crippen molar-refractivity contribution in [3.63, 3.8) is 0 Å². The summed E-state index contributed by atoms with van der Waals surface area (Å²) in [7, 11) is 3.88. The molecule has 8 nitrogen and oxygen atoms in total. The first-order valence-corrected chi connectivity index (χ1v) is 10.1. The molecule has 1 saturated heterocycles. The number of fused-ring (bicyclic) bond motifs is 1. The summed E-state index contributed by atoms with van der Waals surface area (Å²) < 4.78 is 0. The van der Waals surface area contributed by atoms with Crippen LogP contribution in [0.3, 0.4) is 0 Å². The zero-order valence-corrected chi connectivity index (χ0v) is 16.9. The molecule has 0 atom stereocenters. The summed E-state index contributed by atoms with van der Waals surface area (Å²) in [5.74, 6) is -0.264. The van der Waals surface area contributed by atoms with Gasteiger partial charge in [-0.1, -0.05) is 0 Å². The third kappa shape index (κ3) is 3.83. The average molecular weight is 394 g/mol. The van der Waals surface area contributed by atoms with Gasteiger partial charge in [0, 0.05) is 31.6 Å². The van der Waals surface area contributed by atoms with Crippen molar-refractivity contribution in [3.05, 3.63) is 33.9 Å². The zero-order chi connectivity index (χ0) is 20.6. The first-order chi connectivity index (χ1) is 13.9. The SMILES string of the molecule is CN(C)CCNC(=O)c1cc2c(N3CCC4(CC3)CC4)c(C#N)c(=O)[nH]c2cn1. The number of hydrogen-bond donors (Lipinski definition) is 2. The van der Waals surface area contributed by atoms with Gasteiger partial charge in [-0.3, -0.25) is 9.59 Å². The van der Waals surface area contributed by atoms with Gasteiger partial charge in [0.05, 0.1) is 17.4 Å². The highest BCUT2D eigenvalue weighted by molar-refractivity contribution is 6.00. The number of H-pyrrole nitrogens is 1. The molecule has 0 aromatic carbocycles. The van der Waals surface area contributed by atoms with Crippen LogP contribution in [0.1, 0.15) is 41.7 Å². The van der Waals surface area contributed by atoms with Crippen LogP contribution in [-0.2, 0) is 0 Å². The maximum absolute atomic E-state index is 12.5. The van der Waals surface area contributed by atoms with E-state index in [2.05, 4.69) is 26.3 Å². The molecule has 3 heterocycles. The fraction of sp³-hybridized carbons (Fsp3) is 0.524. The van der Waals surface area contributed by atoms with E-state index in [9.17, 15) is 14.9 Å². The lowest BCUT2D eigenvalue weighted by molar-refractivity contribution is 0.0946. The molecule has 152 valence electrons. The summed E-state index contributed by atoms with van der Waals surface area (Å²) >= 11 is 0. The van der Waals surface area contributed by atoms with Crippen molar-refractivity contribution < 1.29 is 4.79 Å². The van der Waals surface area contributed by atoms with Gasteiger partial charge in [-0.2, -0.15) is 5.26 Å². The molecule has 2 aromatic rings. The molecule has 0 bridgehead atoms. The molecule has 1 saturated carbocycles. The van der Waals surface area contributed by atoms with Crippen LogP contribution in [0.25, 0.3) is 10.9 Å². The van der Waals surface area contributed by atoms with E-state index in [1.54, 1.807) is 6.07 Å². The van der Waals surface area contributed by atoms with Crippen LogP contribution < -0.4 is 15.8 Å². The maximum atomic E-state index is 12.5. The molecule has 1 amide bonds. The molecule has 29 heavy (non-hydrogen) atoms. The second-order valence-electron chi connectivity index (χ2n) is 8.45. The topological polar surface area (TPSA) is 105 Å². The van der Waals surface area contributed by atoms with Gasteiger partial charge in [-0.25, -0.2) is 4.98 Å². The normalized spacial score (nSPS) is 17.5. The van der Waals surface area contributed by atoms with Gasteiger partial charge < -0.3 is 20.1 Å². The van der Waals surface area contributed by atoms with E-state index in [0.717, 1.165) is 32.5 Å². The molecule has 2 N–H and O–H groups in total. The van der Waals surface area contributed by atoms with Crippen molar-refractivity contribution in [1.29, 1.82) is 5.26 Å². The van der Waals surface area contributed by atoms with Gasteiger partial charge in [0.1, 0.15) is 17.3 Å². The Hall–Kier alpha value is -2.92. The molecular weight excluding hydrogens is 368 g/mol. The van der Waals surface area contributed by atoms with Gasteiger partial charge in [-0.05, 0) is 51.3 Å². The summed E-state index contributed by atoms with van der Waals surface area (Å²) in [5, 5.41) is 13.2. The molecule has 1 aliphatic heterocycles. The number of likely N-dealkylation sites (N-methyl/N-ethyl adjacent to an activating group) is 1. The number of anilines is 1. The standard InChI is InChI=1S/C21H26N6O2/c1-26(2)10-7-23-20(29)16-11-14-17(13-24-16)25-19(28)15(12-22)18(14)27-8-5-21(3-4-21)6-9-27/h11,13H,3-10H2,1-2H3,(H,23,29)(H,25,28). The van der Waals surface area contributed by atoms with E-state index in [1.807, 2.05) is 19.0 Å². The minimum atomic E-state index is -0.410. The number of pyridine rings is 2. The summed E-state index contributed by atoms with van der Waals surface area (Å²) in [5.41, 5.74) is 1.64. The van der Waals surface area contributed by atoms with Crippen LogP contribution in [0.2, 0.25) is 0 Å². The van der Waals surface area contributed by atoms with E-state index in [4.69, 9.17) is 0 Å². The number of piperidine rings is 1. The van der Waals surface area contributed by atoms with E-state index in [-0.39, 0.29) is 17.2 Å². The fourth-order valence-electron chi connectivity index (χ4n) is 4.10. The molecule has 2 aromatic heterocycles. The van der Waals surface area contributed by atoms with Gasteiger partial charge >= 0.3 is 0 Å². The third-order valence-electron chi connectivity index (χ3n) is 6.16. The maximum Gasteiger partial charge on any atom is 0.269 e. The number of carbonyl (C=O) groups is 1. The molecule has 1 aliphatic carbocycles. The minimum Gasteiger partial charge on any atom is -0.370 e. The Labute approximate surface area is 169 Å². The second kappa shape index (κ2) is 7.48. The van der Waals surface area contributed by atoms with Crippen molar-refractivity contribution >= 4 is 22.5 Å². The largest absolute Gasteiger partial charge is 0.370 e. The Morgan fingerprint density at radius 1 is 1.34 bits per heavy atom. The number of amides is 1. The molecule has 0 radical (unpaired) electrons. The van der Waals surface area contributed by atoms with E-state index in [1.165, 1.54) is 19.0 Å². The van der Waals surface area contributed by atoms with Gasteiger partial charge in [0.15, 0.2) is 0 Å². The van der Waals surface area contributed by atoms with Crippen molar-refractivity contribution in [1.82, 2.24) is 20.2 Å². The number of nitrogens with one attached hydrogen (secondary N) is 2. The quantitative estimate of drug-likeness (QED) is 0.796. The number of aromatic amines is 1. The van der Waals surface area contributed by atoms with Crippen molar-refractivity contribution in [2.75, 3.05) is 45.2 Å². The van der Waals surface area contributed by atoms with Gasteiger partial charge in [0.25, 0.3) is 11.5 Å². The molecular formula is C21H26N6O2. The Bertz CT molecular complexity index is 1040. The Morgan fingerprint density at radius 3 is 2.69 bits per heavy atom. The Morgan fingerprint density at radius 2 is 2.07 bits per heavy atom. The lowest BCUT2D eigenvalue weighted by Crippen LogP contribution is -2.36. The number of carbonyl (C=O) groups excluding carboxylic acids is 1. The third-order valence-corrected chi connectivity index (χ3v) is 6.16. The highest BCUT2D eigenvalue weighted by Crippen LogP contribution is 2.54. The number of nitrogens with zero attached hydrogens (tertiary/aromatic N) is 4. The lowest BCUT2D eigenvalue weighted by Gasteiger charge is -2.34. The van der Waals surface area contributed by atoms with Crippen LogP contribution in [-0.4, -0.2) is 61.0 Å². The Balaban J connectivity index is 1.70. The average Bonchev–Trinajstić information content (AvgIpc) is 3.46. The molecule has 0 unspecified atom stereocenters.